The number of fused-ring (bicyclic) bond motifs is 1. The Morgan fingerprint density at radius 1 is 1.05 bits per heavy atom. The van der Waals surface area contributed by atoms with Crippen LogP contribution >= 0.6 is 0 Å². The minimum Gasteiger partial charge on any atom is -0.382 e. The monoisotopic (exact) mass is 292 g/mol. The van der Waals surface area contributed by atoms with E-state index in [2.05, 4.69) is 5.10 Å². The van der Waals surface area contributed by atoms with Gasteiger partial charge in [0.2, 0.25) is 0 Å². The summed E-state index contributed by atoms with van der Waals surface area (Å²) in [5.41, 5.74) is 0.565. The van der Waals surface area contributed by atoms with Crippen molar-refractivity contribution in [1.82, 2.24) is 9.61 Å². The quantitative estimate of drug-likeness (QED) is 0.785. The number of aromatic nitrogens is 2. The van der Waals surface area contributed by atoms with Gasteiger partial charge >= 0.3 is 6.18 Å². The van der Waals surface area contributed by atoms with E-state index in [4.69, 9.17) is 0 Å². The number of aliphatic hydroxyl groups excluding tert-OH is 1. The zero-order chi connectivity index (χ0) is 15.0. The first-order valence-electron chi connectivity index (χ1n) is 6.25. The van der Waals surface area contributed by atoms with E-state index in [0.717, 1.165) is 17.6 Å². The van der Waals surface area contributed by atoms with Crippen LogP contribution in [0.1, 0.15) is 22.9 Å². The lowest BCUT2D eigenvalue weighted by Gasteiger charge is -2.15. The molecule has 1 aromatic carbocycles. The van der Waals surface area contributed by atoms with Crippen molar-refractivity contribution in [2.45, 2.75) is 12.3 Å². The molecular formula is C15H11F3N2O. The lowest BCUT2D eigenvalue weighted by Crippen LogP contribution is -2.10. The summed E-state index contributed by atoms with van der Waals surface area (Å²) >= 11 is 0. The molecule has 108 valence electrons. The first-order chi connectivity index (χ1) is 9.97. The maximum atomic E-state index is 12.7. The van der Waals surface area contributed by atoms with Crippen LogP contribution in [-0.2, 0) is 6.18 Å². The van der Waals surface area contributed by atoms with Gasteiger partial charge in [-0.05, 0) is 35.9 Å². The number of halogens is 3. The van der Waals surface area contributed by atoms with Crippen LogP contribution in [0.5, 0.6) is 0 Å². The minimum absolute atomic E-state index is 0.174. The molecule has 1 unspecified atom stereocenters. The fraction of sp³-hybridized carbons (Fsp3) is 0.133. The fourth-order valence-electron chi connectivity index (χ4n) is 2.23. The molecule has 3 rings (SSSR count). The third-order valence-electron chi connectivity index (χ3n) is 3.26. The molecule has 0 aliphatic rings. The standard InChI is InChI=1S/C15H11F3N2O/c16-15(17,18)11-4-1-3-10(9-11)14(21)13-6-2-5-12-7-8-19-20(12)13/h1-9,14,21H. The highest BCUT2D eigenvalue weighted by atomic mass is 19.4. The number of alkyl halides is 3. The van der Waals surface area contributed by atoms with Gasteiger partial charge in [0, 0.05) is 6.20 Å². The molecule has 0 saturated heterocycles. The first kappa shape index (κ1) is 13.6. The molecule has 0 aliphatic carbocycles. The van der Waals surface area contributed by atoms with Gasteiger partial charge in [-0.1, -0.05) is 18.2 Å². The van der Waals surface area contributed by atoms with Gasteiger partial charge in [-0.3, -0.25) is 0 Å². The van der Waals surface area contributed by atoms with Crippen LogP contribution in [-0.4, -0.2) is 14.7 Å². The van der Waals surface area contributed by atoms with E-state index in [1.807, 2.05) is 0 Å². The summed E-state index contributed by atoms with van der Waals surface area (Å²) < 4.78 is 39.7. The zero-order valence-electron chi connectivity index (χ0n) is 10.7. The largest absolute Gasteiger partial charge is 0.416 e. The predicted octanol–water partition coefficient (Wildman–Crippen LogP) is 3.43. The summed E-state index contributed by atoms with van der Waals surface area (Å²) in [6.07, 6.45) is -4.05. The normalized spacial score (nSPS) is 13.5. The van der Waals surface area contributed by atoms with Crippen LogP contribution in [0.3, 0.4) is 0 Å². The molecule has 0 radical (unpaired) electrons. The lowest BCUT2D eigenvalue weighted by atomic mass is 10.0. The average Bonchev–Trinajstić information content (AvgIpc) is 2.94. The number of aliphatic hydroxyl groups is 1. The molecule has 0 amide bonds. The van der Waals surface area contributed by atoms with Gasteiger partial charge < -0.3 is 5.11 Å². The van der Waals surface area contributed by atoms with E-state index < -0.39 is 17.8 Å². The topological polar surface area (TPSA) is 37.5 Å². The van der Waals surface area contributed by atoms with Crippen LogP contribution in [0.2, 0.25) is 0 Å². The van der Waals surface area contributed by atoms with Gasteiger partial charge in [-0.2, -0.15) is 18.3 Å². The summed E-state index contributed by atoms with van der Waals surface area (Å²) in [7, 11) is 0. The van der Waals surface area contributed by atoms with Gasteiger partial charge in [0.15, 0.2) is 0 Å². The van der Waals surface area contributed by atoms with Gasteiger partial charge in [0.25, 0.3) is 0 Å². The molecule has 21 heavy (non-hydrogen) atoms. The van der Waals surface area contributed by atoms with E-state index in [-0.39, 0.29) is 5.56 Å². The second-order valence-corrected chi connectivity index (χ2v) is 4.64. The van der Waals surface area contributed by atoms with Crippen LogP contribution in [0.25, 0.3) is 5.52 Å². The predicted molar refractivity (Wildman–Crippen MR) is 70.7 cm³/mol. The summed E-state index contributed by atoms with van der Waals surface area (Å²) in [6.45, 7) is 0. The third kappa shape index (κ3) is 2.50. The summed E-state index contributed by atoms with van der Waals surface area (Å²) in [4.78, 5) is 0. The minimum atomic E-state index is -4.44. The van der Waals surface area contributed by atoms with E-state index >= 15 is 0 Å². The van der Waals surface area contributed by atoms with Crippen molar-refractivity contribution < 1.29 is 18.3 Å². The van der Waals surface area contributed by atoms with Gasteiger partial charge in [-0.25, -0.2) is 4.52 Å². The first-order valence-corrected chi connectivity index (χ1v) is 6.25. The Hall–Kier alpha value is -2.34. The Bertz CT molecular complexity index is 780. The molecule has 2 heterocycles. The average molecular weight is 292 g/mol. The van der Waals surface area contributed by atoms with Crippen molar-refractivity contribution in [2.24, 2.45) is 0 Å². The third-order valence-corrected chi connectivity index (χ3v) is 3.26. The fourth-order valence-corrected chi connectivity index (χ4v) is 2.23. The van der Waals surface area contributed by atoms with Crippen molar-refractivity contribution in [3.05, 3.63) is 71.5 Å². The van der Waals surface area contributed by atoms with Crippen LogP contribution in [0, 0.1) is 0 Å². The Balaban J connectivity index is 2.06. The number of pyridine rings is 1. The highest BCUT2D eigenvalue weighted by molar-refractivity contribution is 5.47. The van der Waals surface area contributed by atoms with Gasteiger partial charge in [0.05, 0.1) is 16.8 Å². The molecule has 2 aromatic heterocycles. The molecule has 3 aromatic rings. The highest BCUT2D eigenvalue weighted by Gasteiger charge is 2.31. The lowest BCUT2D eigenvalue weighted by molar-refractivity contribution is -0.137. The second-order valence-electron chi connectivity index (χ2n) is 4.64. The molecule has 3 nitrogen and oxygen atoms in total. The second kappa shape index (κ2) is 4.89. The Labute approximate surface area is 118 Å². The van der Waals surface area contributed by atoms with Crippen LogP contribution in [0.4, 0.5) is 13.2 Å². The van der Waals surface area contributed by atoms with Crippen molar-refractivity contribution in [1.29, 1.82) is 0 Å². The molecular weight excluding hydrogens is 281 g/mol. The van der Waals surface area contributed by atoms with Crippen LogP contribution in [0.15, 0.2) is 54.7 Å². The van der Waals surface area contributed by atoms with Crippen molar-refractivity contribution in [2.75, 3.05) is 0 Å². The molecule has 0 spiro atoms. The van der Waals surface area contributed by atoms with Crippen molar-refractivity contribution >= 4 is 5.52 Å². The Morgan fingerprint density at radius 2 is 1.81 bits per heavy atom. The summed E-state index contributed by atoms with van der Waals surface area (Å²) in [5.74, 6) is 0. The van der Waals surface area contributed by atoms with E-state index in [9.17, 15) is 18.3 Å². The van der Waals surface area contributed by atoms with Crippen LogP contribution < -0.4 is 0 Å². The summed E-state index contributed by atoms with van der Waals surface area (Å²) in [6, 6.07) is 11.6. The smallest absolute Gasteiger partial charge is 0.382 e. The molecule has 6 heteroatoms. The van der Waals surface area contributed by atoms with Gasteiger partial charge in [-0.15, -0.1) is 0 Å². The maximum Gasteiger partial charge on any atom is 0.416 e. The Kier molecular flexibility index (Phi) is 3.17. The van der Waals surface area contributed by atoms with Crippen molar-refractivity contribution in [3.8, 4) is 0 Å². The van der Waals surface area contributed by atoms with E-state index in [1.165, 1.54) is 16.6 Å². The molecule has 1 atom stereocenters. The number of nitrogens with zero attached hydrogens (tertiary/aromatic N) is 2. The van der Waals surface area contributed by atoms with E-state index in [1.54, 1.807) is 30.5 Å². The number of hydrogen-bond acceptors (Lipinski definition) is 2. The molecule has 1 N–H and O–H groups in total. The maximum absolute atomic E-state index is 12.7. The SMILES string of the molecule is OC(c1cccc(C(F)(F)F)c1)c1cccc2ccnn12. The summed E-state index contributed by atoms with van der Waals surface area (Å²) in [5, 5.41) is 14.4. The molecule has 0 aliphatic heterocycles. The number of rotatable bonds is 2. The zero-order valence-corrected chi connectivity index (χ0v) is 10.7. The van der Waals surface area contributed by atoms with E-state index in [0.29, 0.717) is 5.69 Å². The molecule has 0 bridgehead atoms. The number of hydrogen-bond donors (Lipinski definition) is 1. The molecule has 0 fully saturated rings. The Morgan fingerprint density at radius 3 is 2.57 bits per heavy atom. The number of benzene rings is 1. The highest BCUT2D eigenvalue weighted by Crippen LogP contribution is 2.32. The van der Waals surface area contributed by atoms with Gasteiger partial charge in [0.1, 0.15) is 6.10 Å². The molecule has 0 saturated carbocycles. The van der Waals surface area contributed by atoms with Crippen molar-refractivity contribution in [3.63, 3.8) is 0 Å².